The first-order valence-electron chi connectivity index (χ1n) is 21.5. The van der Waals surface area contributed by atoms with Crippen LogP contribution in [0, 0.1) is 23.3 Å². The lowest BCUT2D eigenvalue weighted by Gasteiger charge is -2.36. The Bertz CT molecular complexity index is 3090. The molecule has 76 heavy (non-hydrogen) atoms. The molecule has 0 radical (unpaired) electrons. The number of ether oxygens (including phenoxy) is 2. The fourth-order valence-electron chi connectivity index (χ4n) is 6.67. The summed E-state index contributed by atoms with van der Waals surface area (Å²) >= 11 is 11.8. The van der Waals surface area contributed by atoms with Gasteiger partial charge in [0.25, 0.3) is 0 Å². The number of alkyl halides is 6. The van der Waals surface area contributed by atoms with Crippen molar-refractivity contribution in [2.45, 2.75) is 61.8 Å². The Labute approximate surface area is 439 Å². The van der Waals surface area contributed by atoms with Crippen molar-refractivity contribution in [2.24, 2.45) is 4.99 Å². The van der Waals surface area contributed by atoms with Crippen molar-refractivity contribution in [1.29, 1.82) is 0 Å². The third kappa shape index (κ3) is 17.1. The lowest BCUT2D eigenvalue weighted by molar-refractivity contribution is -0.143. The standard InChI is InChI=1S/C23H17ClF5N3O3.C20H21ClF4N2O3S.C7H4FNO/c1-35-20(33)11-22(19-6-5-15(24)12-30-19,13-7-14(23(27,28)29)9-17(26)8-13)32-21(34)31-18-4-2-3-16(25)10-18;1-18(2,3)31(29)27-19(10-17(28)30-4,16-6-5-14(21)11-26-16)12-7-13(20(23,24)25)9-15(22)8-12;8-6-2-1-3-7(4-6)9-5-10/h2-10,12H,11H2,1H3,(H2,31,32,34);5-9,11,27H,10H2,1-4H3;1-4H/t22-;19-,31+;/m00./s1. The predicted octanol–water partition coefficient (Wildman–Crippen LogP) is 12.2. The molecule has 26 heteroatoms. The van der Waals surface area contributed by atoms with Crippen LogP contribution in [0.5, 0.6) is 0 Å². The smallest absolute Gasteiger partial charge is 0.416 e. The molecule has 6 aromatic rings. The van der Waals surface area contributed by atoms with Crippen molar-refractivity contribution in [2.75, 3.05) is 19.5 Å². The van der Waals surface area contributed by atoms with Gasteiger partial charge in [-0.3, -0.25) is 19.6 Å². The SMILES string of the molecule is COC(=O)C[C@](NC(=O)Nc1cccc(F)c1)(c1cc(F)cc(C(F)(F)F)c1)c1ccc(Cl)cn1.COC(=O)C[C@](N[S@](=O)C(C)(C)C)(c1cc(F)cc(C(F)(F)F)c1)c1ccc(Cl)cn1.O=C=Nc1cccc(F)c1. The molecule has 0 spiro atoms. The molecule has 0 bridgehead atoms. The maximum Gasteiger partial charge on any atom is 0.416 e. The van der Waals surface area contributed by atoms with Crippen LogP contribution in [0.4, 0.5) is 60.1 Å². The van der Waals surface area contributed by atoms with Crippen molar-refractivity contribution < 1.29 is 76.8 Å². The summed E-state index contributed by atoms with van der Waals surface area (Å²) < 4.78 is 159. The van der Waals surface area contributed by atoms with Gasteiger partial charge in [-0.1, -0.05) is 35.3 Å². The molecule has 2 amide bonds. The highest BCUT2D eigenvalue weighted by molar-refractivity contribution is 7.84. The molecule has 0 unspecified atom stereocenters. The Balaban J connectivity index is 0.000000279. The van der Waals surface area contributed by atoms with E-state index in [1.54, 1.807) is 20.8 Å². The predicted molar refractivity (Wildman–Crippen MR) is 260 cm³/mol. The summed E-state index contributed by atoms with van der Waals surface area (Å²) in [5.41, 5.74) is -7.24. The molecular formula is C50H42Cl2F10N6O7S. The number of halogens is 12. The van der Waals surface area contributed by atoms with Crippen LogP contribution in [0.1, 0.15) is 67.3 Å². The molecule has 0 saturated heterocycles. The first kappa shape index (κ1) is 61.3. The van der Waals surface area contributed by atoms with Gasteiger partial charge in [-0.15, -0.1) is 0 Å². The number of urea groups is 1. The largest absolute Gasteiger partial charge is 0.469 e. The monoisotopic (exact) mass is 1130 g/mol. The molecule has 3 atom stereocenters. The van der Waals surface area contributed by atoms with Crippen molar-refractivity contribution in [3.63, 3.8) is 0 Å². The molecule has 4 aromatic carbocycles. The second kappa shape index (κ2) is 26.0. The van der Waals surface area contributed by atoms with E-state index in [9.17, 15) is 67.3 Å². The number of benzene rings is 4. The minimum Gasteiger partial charge on any atom is -0.469 e. The van der Waals surface area contributed by atoms with Crippen molar-refractivity contribution in [1.82, 2.24) is 20.0 Å². The molecule has 0 aliphatic carbocycles. The number of isocyanates is 1. The number of amides is 2. The number of nitrogens with zero attached hydrogens (tertiary/aromatic N) is 3. The number of aliphatic imine (C=N–C) groups is 1. The topological polar surface area (TPSA) is 178 Å². The lowest BCUT2D eigenvalue weighted by Crippen LogP contribution is -2.50. The Morgan fingerprint density at radius 2 is 1.07 bits per heavy atom. The molecule has 6 rings (SSSR count). The summed E-state index contributed by atoms with van der Waals surface area (Å²) in [4.78, 5) is 58.7. The van der Waals surface area contributed by atoms with Gasteiger partial charge in [0, 0.05) is 24.1 Å². The van der Waals surface area contributed by atoms with Crippen LogP contribution in [0.25, 0.3) is 0 Å². The number of carbonyl (C=O) groups is 3. The highest BCUT2D eigenvalue weighted by atomic mass is 35.5. The van der Waals surface area contributed by atoms with Gasteiger partial charge in [-0.2, -0.15) is 31.3 Å². The summed E-state index contributed by atoms with van der Waals surface area (Å²) in [5.74, 6) is -5.32. The number of aromatic nitrogens is 2. The maximum atomic E-state index is 14.4. The summed E-state index contributed by atoms with van der Waals surface area (Å²) in [5, 5.41) is 5.11. The Morgan fingerprint density at radius 3 is 1.49 bits per heavy atom. The van der Waals surface area contributed by atoms with Gasteiger partial charge in [0.1, 0.15) is 34.3 Å². The number of rotatable bonds is 13. The van der Waals surface area contributed by atoms with E-state index in [2.05, 4.69) is 35.1 Å². The fourth-order valence-corrected chi connectivity index (χ4v) is 7.81. The second-order valence-corrected chi connectivity index (χ2v) is 19.6. The molecule has 0 fully saturated rings. The van der Waals surface area contributed by atoms with Crippen LogP contribution < -0.4 is 15.4 Å². The first-order valence-corrected chi connectivity index (χ1v) is 23.4. The second-order valence-electron chi connectivity index (χ2n) is 16.7. The molecule has 13 nitrogen and oxygen atoms in total. The van der Waals surface area contributed by atoms with E-state index >= 15 is 0 Å². The molecule has 2 aromatic heterocycles. The van der Waals surface area contributed by atoms with Gasteiger partial charge < -0.3 is 20.1 Å². The minimum absolute atomic E-state index is 0.00811. The molecular weight excluding hydrogens is 1090 g/mol. The Kier molecular flexibility index (Phi) is 21.0. The van der Waals surface area contributed by atoms with Gasteiger partial charge in [0.05, 0.1) is 81.0 Å². The molecule has 0 saturated carbocycles. The summed E-state index contributed by atoms with van der Waals surface area (Å²) in [7, 11) is 0.222. The quantitative estimate of drug-likeness (QED) is 0.0439. The van der Waals surface area contributed by atoms with Crippen molar-refractivity contribution in [3.05, 3.63) is 189 Å². The van der Waals surface area contributed by atoms with E-state index in [0.717, 1.165) is 50.7 Å². The number of hydrogen-bond acceptors (Lipinski definition) is 10. The lowest BCUT2D eigenvalue weighted by atomic mass is 9.82. The fraction of sp³-hybridized carbons (Fsp3) is 0.240. The molecule has 0 aliphatic rings. The molecule has 404 valence electrons. The van der Waals surface area contributed by atoms with E-state index < -0.39 is 110 Å². The zero-order chi connectivity index (χ0) is 56.8. The summed E-state index contributed by atoms with van der Waals surface area (Å²) in [6.07, 6.45) is -7.50. The number of hydrogen-bond donors (Lipinski definition) is 3. The number of pyridine rings is 2. The number of nitrogens with one attached hydrogen (secondary N) is 3. The molecule has 3 N–H and O–H groups in total. The van der Waals surface area contributed by atoms with E-state index in [1.165, 1.54) is 66.9 Å². The highest BCUT2D eigenvalue weighted by Crippen LogP contribution is 2.40. The van der Waals surface area contributed by atoms with Gasteiger partial charge in [-0.05, 0) is 123 Å². The maximum absolute atomic E-state index is 14.4. The molecule has 2 heterocycles. The summed E-state index contributed by atoms with van der Waals surface area (Å²) in [6.45, 7) is 4.88. The first-order chi connectivity index (χ1) is 35.4. The van der Waals surface area contributed by atoms with Gasteiger partial charge in [0.2, 0.25) is 6.08 Å². The van der Waals surface area contributed by atoms with Gasteiger partial charge in [-0.25, -0.2) is 36.1 Å². The number of esters is 2. The third-order valence-corrected chi connectivity index (χ3v) is 12.3. The van der Waals surface area contributed by atoms with Crippen LogP contribution in [-0.4, -0.2) is 57.2 Å². The van der Waals surface area contributed by atoms with Crippen molar-refractivity contribution >= 4 is 69.6 Å². The van der Waals surface area contributed by atoms with Crippen LogP contribution in [0.3, 0.4) is 0 Å². The number of carbonyl (C=O) groups excluding carboxylic acids is 4. The Hall–Kier alpha value is -7.24. The number of anilines is 1. The van der Waals surface area contributed by atoms with Crippen LogP contribution in [-0.2, 0) is 58.3 Å². The number of methoxy groups -OCH3 is 2. The van der Waals surface area contributed by atoms with Crippen LogP contribution in [0.15, 0.2) is 127 Å². The van der Waals surface area contributed by atoms with Gasteiger partial charge >= 0.3 is 30.3 Å². The van der Waals surface area contributed by atoms with E-state index in [4.69, 9.17) is 27.9 Å². The normalized spacial score (nSPS) is 13.3. The summed E-state index contributed by atoms with van der Waals surface area (Å²) in [6, 6.07) is 18.0. The zero-order valence-corrected chi connectivity index (χ0v) is 42.4. The highest BCUT2D eigenvalue weighted by Gasteiger charge is 2.45. The van der Waals surface area contributed by atoms with Crippen LogP contribution >= 0.6 is 23.2 Å². The molecule has 0 aliphatic heterocycles. The average molecular weight is 1130 g/mol. The van der Waals surface area contributed by atoms with Crippen LogP contribution in [0.2, 0.25) is 10.0 Å². The van der Waals surface area contributed by atoms with E-state index in [1.807, 2.05) is 0 Å². The minimum atomic E-state index is -4.94. The average Bonchev–Trinajstić information content (AvgIpc) is 3.33. The van der Waals surface area contributed by atoms with Crippen molar-refractivity contribution in [3.8, 4) is 0 Å². The van der Waals surface area contributed by atoms with E-state index in [-0.39, 0.29) is 44.4 Å². The third-order valence-electron chi connectivity index (χ3n) is 10.3. The van der Waals surface area contributed by atoms with E-state index in [0.29, 0.717) is 18.2 Å². The van der Waals surface area contributed by atoms with Gasteiger partial charge in [0.15, 0.2) is 0 Å². The Morgan fingerprint density at radius 1 is 0.618 bits per heavy atom. The zero-order valence-electron chi connectivity index (χ0n) is 40.1.